The van der Waals surface area contributed by atoms with Crippen molar-refractivity contribution >= 4 is 16.9 Å². The number of aryl methyl sites for hydroxylation is 1. The van der Waals surface area contributed by atoms with Crippen LogP contribution in [0.2, 0.25) is 0 Å². The van der Waals surface area contributed by atoms with Gasteiger partial charge in [0.1, 0.15) is 11.3 Å². The molecule has 0 saturated carbocycles. The van der Waals surface area contributed by atoms with Gasteiger partial charge in [-0.05, 0) is 51.1 Å². The van der Waals surface area contributed by atoms with E-state index in [2.05, 4.69) is 14.9 Å². The standard InChI is InChI=1S/C23H23N3O2/c1-15-12-20(17(3)26(15)14-19-9-6-7-11-24-19)23(27)25-16(2)22-13-18-8-4-5-10-21(18)28-22/h4-13,16H,14H2,1-3H3,(H,25,27). The highest BCUT2D eigenvalue weighted by atomic mass is 16.3. The zero-order valence-corrected chi connectivity index (χ0v) is 16.3. The average molecular weight is 373 g/mol. The van der Waals surface area contributed by atoms with Crippen LogP contribution < -0.4 is 5.32 Å². The Morgan fingerprint density at radius 3 is 2.68 bits per heavy atom. The lowest BCUT2D eigenvalue weighted by Crippen LogP contribution is -2.26. The second-order valence-electron chi connectivity index (χ2n) is 7.07. The van der Waals surface area contributed by atoms with Gasteiger partial charge < -0.3 is 14.3 Å². The fraction of sp³-hybridized carbons (Fsp3) is 0.217. The minimum absolute atomic E-state index is 0.103. The highest BCUT2D eigenvalue weighted by Gasteiger charge is 2.20. The molecular weight excluding hydrogens is 350 g/mol. The number of nitrogens with zero attached hydrogens (tertiary/aromatic N) is 2. The summed E-state index contributed by atoms with van der Waals surface area (Å²) in [6.45, 7) is 6.56. The van der Waals surface area contributed by atoms with Gasteiger partial charge in [0.05, 0.1) is 23.8 Å². The molecule has 1 aromatic carbocycles. The minimum Gasteiger partial charge on any atom is -0.459 e. The van der Waals surface area contributed by atoms with Gasteiger partial charge in [-0.3, -0.25) is 9.78 Å². The molecule has 4 aromatic rings. The summed E-state index contributed by atoms with van der Waals surface area (Å²) in [5, 5.41) is 4.09. The van der Waals surface area contributed by atoms with Crippen molar-refractivity contribution in [2.75, 3.05) is 0 Å². The topological polar surface area (TPSA) is 60.1 Å². The Bertz CT molecular complexity index is 1090. The predicted octanol–water partition coefficient (Wildman–Crippen LogP) is 4.79. The van der Waals surface area contributed by atoms with Gasteiger partial charge in [0.25, 0.3) is 5.91 Å². The normalized spacial score (nSPS) is 12.2. The number of carbonyl (C=O) groups is 1. The van der Waals surface area contributed by atoms with Crippen LogP contribution in [0.4, 0.5) is 0 Å². The minimum atomic E-state index is -0.223. The van der Waals surface area contributed by atoms with Crippen LogP contribution >= 0.6 is 0 Å². The number of benzene rings is 1. The predicted molar refractivity (Wildman–Crippen MR) is 109 cm³/mol. The van der Waals surface area contributed by atoms with Crippen LogP contribution in [-0.2, 0) is 6.54 Å². The molecule has 1 N–H and O–H groups in total. The van der Waals surface area contributed by atoms with E-state index in [1.54, 1.807) is 6.20 Å². The van der Waals surface area contributed by atoms with Gasteiger partial charge in [-0.15, -0.1) is 0 Å². The van der Waals surface area contributed by atoms with E-state index in [1.807, 2.05) is 75.4 Å². The molecule has 0 spiro atoms. The Labute approximate surface area is 164 Å². The smallest absolute Gasteiger partial charge is 0.253 e. The molecule has 0 radical (unpaired) electrons. The van der Waals surface area contributed by atoms with E-state index >= 15 is 0 Å². The van der Waals surface area contributed by atoms with Gasteiger partial charge in [-0.25, -0.2) is 0 Å². The first-order chi connectivity index (χ1) is 13.5. The maximum atomic E-state index is 12.9. The van der Waals surface area contributed by atoms with E-state index in [1.165, 1.54) is 0 Å². The molecule has 1 unspecified atom stereocenters. The van der Waals surface area contributed by atoms with Gasteiger partial charge in [-0.1, -0.05) is 24.3 Å². The molecule has 0 saturated heterocycles. The summed E-state index contributed by atoms with van der Waals surface area (Å²) in [5.74, 6) is 0.644. The second kappa shape index (κ2) is 7.35. The molecule has 0 bridgehead atoms. The third-order valence-corrected chi connectivity index (χ3v) is 5.08. The summed E-state index contributed by atoms with van der Waals surface area (Å²) in [6, 6.07) is 17.4. The van der Waals surface area contributed by atoms with E-state index in [-0.39, 0.29) is 11.9 Å². The summed E-state index contributed by atoms with van der Waals surface area (Å²) in [7, 11) is 0. The molecule has 1 amide bonds. The Morgan fingerprint density at radius 2 is 1.93 bits per heavy atom. The Hall–Kier alpha value is -3.34. The number of fused-ring (bicyclic) bond motifs is 1. The molecule has 0 aliphatic carbocycles. The maximum Gasteiger partial charge on any atom is 0.253 e. The third kappa shape index (κ3) is 3.43. The van der Waals surface area contributed by atoms with Crippen LogP contribution in [0, 0.1) is 13.8 Å². The quantitative estimate of drug-likeness (QED) is 0.547. The van der Waals surface area contributed by atoms with Crippen molar-refractivity contribution in [1.29, 1.82) is 0 Å². The van der Waals surface area contributed by atoms with Crippen LogP contribution in [0.25, 0.3) is 11.0 Å². The summed E-state index contributed by atoms with van der Waals surface area (Å²) in [4.78, 5) is 17.3. The van der Waals surface area contributed by atoms with Crippen LogP contribution in [0.5, 0.6) is 0 Å². The zero-order chi connectivity index (χ0) is 19.7. The van der Waals surface area contributed by atoms with Gasteiger partial charge in [-0.2, -0.15) is 0 Å². The van der Waals surface area contributed by atoms with Crippen LogP contribution in [0.15, 0.2) is 65.2 Å². The molecule has 28 heavy (non-hydrogen) atoms. The SMILES string of the molecule is Cc1cc(C(=O)NC(C)c2cc3ccccc3o2)c(C)n1Cc1ccccn1. The molecular formula is C23H23N3O2. The molecule has 3 aromatic heterocycles. The number of carbonyl (C=O) groups excluding carboxylic acids is 1. The summed E-state index contributed by atoms with van der Waals surface area (Å²) < 4.78 is 7.99. The molecule has 0 aliphatic heterocycles. The number of rotatable bonds is 5. The van der Waals surface area contributed by atoms with E-state index in [4.69, 9.17) is 4.42 Å². The monoisotopic (exact) mass is 373 g/mol. The Kier molecular flexibility index (Phi) is 4.74. The number of hydrogen-bond acceptors (Lipinski definition) is 3. The number of amides is 1. The molecule has 5 heteroatoms. The van der Waals surface area contributed by atoms with Gasteiger partial charge in [0, 0.05) is 23.0 Å². The summed E-state index contributed by atoms with van der Waals surface area (Å²) >= 11 is 0. The van der Waals surface area contributed by atoms with Crippen LogP contribution in [0.1, 0.15) is 46.2 Å². The number of para-hydroxylation sites is 1. The Balaban J connectivity index is 1.54. The van der Waals surface area contributed by atoms with E-state index in [0.717, 1.165) is 33.8 Å². The van der Waals surface area contributed by atoms with Crippen LogP contribution in [0.3, 0.4) is 0 Å². The molecule has 142 valence electrons. The van der Waals surface area contributed by atoms with Crippen molar-refractivity contribution in [3.05, 3.63) is 89.2 Å². The van der Waals surface area contributed by atoms with E-state index < -0.39 is 0 Å². The first kappa shape index (κ1) is 18.0. The lowest BCUT2D eigenvalue weighted by atomic mass is 10.2. The number of pyridine rings is 1. The highest BCUT2D eigenvalue weighted by Crippen LogP contribution is 2.24. The van der Waals surface area contributed by atoms with Crippen molar-refractivity contribution in [2.24, 2.45) is 0 Å². The van der Waals surface area contributed by atoms with Crippen molar-refractivity contribution in [3.8, 4) is 0 Å². The number of nitrogens with one attached hydrogen (secondary N) is 1. The lowest BCUT2D eigenvalue weighted by molar-refractivity contribution is 0.0935. The molecule has 3 heterocycles. The fourth-order valence-corrected chi connectivity index (χ4v) is 3.49. The van der Waals surface area contributed by atoms with Gasteiger partial charge in [0.2, 0.25) is 0 Å². The van der Waals surface area contributed by atoms with Crippen LogP contribution in [-0.4, -0.2) is 15.5 Å². The lowest BCUT2D eigenvalue weighted by Gasteiger charge is -2.12. The maximum absolute atomic E-state index is 12.9. The number of aromatic nitrogens is 2. The van der Waals surface area contributed by atoms with Crippen molar-refractivity contribution in [2.45, 2.75) is 33.4 Å². The summed E-state index contributed by atoms with van der Waals surface area (Å²) in [5.41, 5.74) is 4.43. The Morgan fingerprint density at radius 1 is 1.14 bits per heavy atom. The number of hydrogen-bond donors (Lipinski definition) is 1. The third-order valence-electron chi connectivity index (χ3n) is 5.08. The van der Waals surface area contributed by atoms with Crippen molar-refractivity contribution in [1.82, 2.24) is 14.9 Å². The van der Waals surface area contributed by atoms with Crippen molar-refractivity contribution < 1.29 is 9.21 Å². The first-order valence-electron chi connectivity index (χ1n) is 9.39. The van der Waals surface area contributed by atoms with Gasteiger partial charge in [0.15, 0.2) is 0 Å². The highest BCUT2D eigenvalue weighted by molar-refractivity contribution is 5.96. The molecule has 1 atom stereocenters. The zero-order valence-electron chi connectivity index (χ0n) is 16.3. The molecule has 0 aliphatic rings. The first-order valence-corrected chi connectivity index (χ1v) is 9.39. The molecule has 5 nitrogen and oxygen atoms in total. The van der Waals surface area contributed by atoms with Crippen molar-refractivity contribution in [3.63, 3.8) is 0 Å². The average Bonchev–Trinajstić information content (AvgIpc) is 3.25. The summed E-state index contributed by atoms with van der Waals surface area (Å²) in [6.07, 6.45) is 1.78. The second-order valence-corrected chi connectivity index (χ2v) is 7.07. The van der Waals surface area contributed by atoms with E-state index in [0.29, 0.717) is 12.1 Å². The number of furan rings is 1. The molecule has 4 rings (SSSR count). The van der Waals surface area contributed by atoms with Gasteiger partial charge >= 0.3 is 0 Å². The fourth-order valence-electron chi connectivity index (χ4n) is 3.49. The molecule has 0 fully saturated rings. The van der Waals surface area contributed by atoms with E-state index in [9.17, 15) is 4.79 Å². The largest absolute Gasteiger partial charge is 0.459 e.